The second-order valence-corrected chi connectivity index (χ2v) is 6.40. The number of fused-ring (bicyclic) bond motifs is 1. The summed E-state index contributed by atoms with van der Waals surface area (Å²) >= 11 is 0. The van der Waals surface area contributed by atoms with Gasteiger partial charge in [-0.3, -0.25) is 0 Å². The molecule has 0 saturated heterocycles. The molecule has 0 fully saturated rings. The summed E-state index contributed by atoms with van der Waals surface area (Å²) in [5, 5.41) is 0. The minimum absolute atomic E-state index is 0.310. The van der Waals surface area contributed by atoms with Crippen LogP contribution in [-0.2, 0) is 11.8 Å². The van der Waals surface area contributed by atoms with Crippen LogP contribution in [0.2, 0.25) is 0 Å². The highest BCUT2D eigenvalue weighted by Crippen LogP contribution is 2.39. The Balaban J connectivity index is 2.47. The zero-order chi connectivity index (χ0) is 14.0. The first kappa shape index (κ1) is 14.1. The largest absolute Gasteiger partial charge is 0.0912 e. The van der Waals surface area contributed by atoms with Gasteiger partial charge in [-0.2, -0.15) is 0 Å². The monoisotopic (exact) mass is 254 g/mol. The Hall–Kier alpha value is -1.30. The Morgan fingerprint density at radius 3 is 2.79 bits per heavy atom. The quantitative estimate of drug-likeness (QED) is 0.617. The van der Waals surface area contributed by atoms with Gasteiger partial charge in [-0.15, -0.1) is 0 Å². The van der Waals surface area contributed by atoms with Gasteiger partial charge < -0.3 is 0 Å². The van der Waals surface area contributed by atoms with Crippen molar-refractivity contribution in [2.45, 2.75) is 58.8 Å². The van der Waals surface area contributed by atoms with Crippen molar-refractivity contribution >= 4 is 5.57 Å². The van der Waals surface area contributed by atoms with Gasteiger partial charge in [0.05, 0.1) is 0 Å². The van der Waals surface area contributed by atoms with Gasteiger partial charge >= 0.3 is 0 Å². The molecule has 2 rings (SSSR count). The Bertz CT molecular complexity index is 515. The standard InChI is InChI=1S/C19H26/c1-6-7-9-14(2)17-13-18-16(12-15(17)3)10-8-11-19(18,4)5/h7,9,12-13H,2,6,8,10-11H2,1,3-5H3/b9-7+. The number of rotatable bonds is 3. The van der Waals surface area contributed by atoms with E-state index in [4.69, 9.17) is 0 Å². The summed E-state index contributed by atoms with van der Waals surface area (Å²) in [6.45, 7) is 13.3. The van der Waals surface area contributed by atoms with Crippen molar-refractivity contribution in [2.24, 2.45) is 0 Å². The molecule has 102 valence electrons. The fourth-order valence-electron chi connectivity index (χ4n) is 3.16. The van der Waals surface area contributed by atoms with Crippen LogP contribution in [0.1, 0.15) is 62.3 Å². The first-order valence-electron chi connectivity index (χ1n) is 7.45. The Kier molecular flexibility index (Phi) is 3.99. The maximum Gasteiger partial charge on any atom is -0.0100 e. The van der Waals surface area contributed by atoms with Crippen molar-refractivity contribution in [1.29, 1.82) is 0 Å². The lowest BCUT2D eigenvalue weighted by atomic mass is 9.71. The van der Waals surface area contributed by atoms with Gasteiger partial charge in [0, 0.05) is 0 Å². The Morgan fingerprint density at radius 1 is 1.37 bits per heavy atom. The summed E-state index contributed by atoms with van der Waals surface area (Å²) in [5.41, 5.74) is 7.21. The van der Waals surface area contributed by atoms with Crippen molar-refractivity contribution in [3.8, 4) is 0 Å². The van der Waals surface area contributed by atoms with E-state index in [9.17, 15) is 0 Å². The number of hydrogen-bond donors (Lipinski definition) is 0. The van der Waals surface area contributed by atoms with Gasteiger partial charge in [0.25, 0.3) is 0 Å². The number of allylic oxidation sites excluding steroid dienone is 3. The van der Waals surface area contributed by atoms with Crippen LogP contribution in [0.5, 0.6) is 0 Å². The van der Waals surface area contributed by atoms with Crippen LogP contribution in [0.3, 0.4) is 0 Å². The summed E-state index contributed by atoms with van der Waals surface area (Å²) in [6.07, 6.45) is 9.25. The van der Waals surface area contributed by atoms with E-state index < -0.39 is 0 Å². The van der Waals surface area contributed by atoms with Crippen LogP contribution >= 0.6 is 0 Å². The van der Waals surface area contributed by atoms with E-state index in [0.717, 1.165) is 12.0 Å². The third-order valence-electron chi connectivity index (χ3n) is 4.33. The van der Waals surface area contributed by atoms with E-state index in [1.165, 1.54) is 36.0 Å². The lowest BCUT2D eigenvalue weighted by Gasteiger charge is -2.33. The van der Waals surface area contributed by atoms with Crippen molar-refractivity contribution in [1.82, 2.24) is 0 Å². The molecule has 0 radical (unpaired) electrons. The molecule has 0 spiro atoms. The van der Waals surface area contributed by atoms with Crippen LogP contribution in [0, 0.1) is 6.92 Å². The Labute approximate surface area is 118 Å². The molecule has 0 saturated carbocycles. The molecular weight excluding hydrogens is 228 g/mol. The summed E-state index contributed by atoms with van der Waals surface area (Å²) in [6, 6.07) is 4.78. The zero-order valence-electron chi connectivity index (χ0n) is 12.8. The molecule has 0 heteroatoms. The lowest BCUT2D eigenvalue weighted by Crippen LogP contribution is -2.24. The molecule has 0 heterocycles. The van der Waals surface area contributed by atoms with Crippen molar-refractivity contribution in [2.75, 3.05) is 0 Å². The summed E-state index contributed by atoms with van der Waals surface area (Å²) in [5.74, 6) is 0. The molecule has 1 aliphatic rings. The molecule has 0 nitrogen and oxygen atoms in total. The van der Waals surface area contributed by atoms with Crippen LogP contribution in [-0.4, -0.2) is 0 Å². The molecule has 19 heavy (non-hydrogen) atoms. The molecular formula is C19H26. The average molecular weight is 254 g/mol. The SMILES string of the molecule is C=C(/C=C/CC)c1cc2c(cc1C)CCCC2(C)C. The second-order valence-electron chi connectivity index (χ2n) is 6.40. The molecule has 1 aromatic rings. The molecule has 0 aromatic heterocycles. The third-order valence-corrected chi connectivity index (χ3v) is 4.33. The molecule has 0 aliphatic heterocycles. The molecule has 0 bridgehead atoms. The molecule has 1 aromatic carbocycles. The number of aryl methyl sites for hydroxylation is 2. The van der Waals surface area contributed by atoms with Crippen LogP contribution in [0.25, 0.3) is 5.57 Å². The van der Waals surface area contributed by atoms with Gasteiger partial charge in [-0.1, -0.05) is 51.6 Å². The minimum atomic E-state index is 0.310. The van der Waals surface area contributed by atoms with Crippen LogP contribution in [0.4, 0.5) is 0 Å². The normalized spacial score (nSPS) is 17.5. The summed E-state index contributed by atoms with van der Waals surface area (Å²) in [7, 11) is 0. The number of benzene rings is 1. The topological polar surface area (TPSA) is 0 Å². The highest BCUT2D eigenvalue weighted by atomic mass is 14.3. The number of hydrogen-bond acceptors (Lipinski definition) is 0. The predicted octanol–water partition coefficient (Wildman–Crippen LogP) is 5.59. The second kappa shape index (κ2) is 5.36. The van der Waals surface area contributed by atoms with Crippen molar-refractivity contribution in [3.63, 3.8) is 0 Å². The molecule has 0 unspecified atom stereocenters. The molecule has 0 atom stereocenters. The maximum absolute atomic E-state index is 4.23. The van der Waals surface area contributed by atoms with Crippen LogP contribution < -0.4 is 0 Å². The fraction of sp³-hybridized carbons (Fsp3) is 0.474. The first-order valence-corrected chi connectivity index (χ1v) is 7.45. The van der Waals surface area contributed by atoms with E-state index >= 15 is 0 Å². The Morgan fingerprint density at radius 2 is 2.11 bits per heavy atom. The zero-order valence-corrected chi connectivity index (χ0v) is 12.8. The minimum Gasteiger partial charge on any atom is -0.0912 e. The van der Waals surface area contributed by atoms with E-state index in [1.54, 1.807) is 5.56 Å². The summed E-state index contributed by atoms with van der Waals surface area (Å²) < 4.78 is 0. The molecule has 0 N–H and O–H groups in total. The predicted molar refractivity (Wildman–Crippen MR) is 85.6 cm³/mol. The van der Waals surface area contributed by atoms with Gasteiger partial charge in [0.1, 0.15) is 0 Å². The van der Waals surface area contributed by atoms with E-state index in [2.05, 4.69) is 58.6 Å². The smallest absolute Gasteiger partial charge is 0.0100 e. The van der Waals surface area contributed by atoms with Crippen LogP contribution in [0.15, 0.2) is 30.9 Å². The van der Waals surface area contributed by atoms with Crippen molar-refractivity contribution < 1.29 is 0 Å². The molecule has 1 aliphatic carbocycles. The summed E-state index contributed by atoms with van der Waals surface area (Å²) in [4.78, 5) is 0. The van der Waals surface area contributed by atoms with E-state index in [0.29, 0.717) is 5.41 Å². The van der Waals surface area contributed by atoms with E-state index in [-0.39, 0.29) is 0 Å². The average Bonchev–Trinajstić information content (AvgIpc) is 2.34. The van der Waals surface area contributed by atoms with Gasteiger partial charge in [-0.05, 0) is 65.8 Å². The first-order chi connectivity index (χ1) is 8.95. The fourth-order valence-corrected chi connectivity index (χ4v) is 3.16. The molecule has 0 amide bonds. The lowest BCUT2D eigenvalue weighted by molar-refractivity contribution is 0.431. The third kappa shape index (κ3) is 2.83. The highest BCUT2D eigenvalue weighted by Gasteiger charge is 2.28. The van der Waals surface area contributed by atoms with E-state index in [1.807, 2.05) is 0 Å². The van der Waals surface area contributed by atoms with Gasteiger partial charge in [0.2, 0.25) is 0 Å². The van der Waals surface area contributed by atoms with Gasteiger partial charge in [0.15, 0.2) is 0 Å². The van der Waals surface area contributed by atoms with Crippen molar-refractivity contribution in [3.05, 3.63) is 53.1 Å². The maximum atomic E-state index is 4.23. The highest BCUT2D eigenvalue weighted by molar-refractivity contribution is 5.75. The van der Waals surface area contributed by atoms with Gasteiger partial charge in [-0.25, -0.2) is 0 Å².